The third-order valence-electron chi connectivity index (χ3n) is 2.71. The highest BCUT2D eigenvalue weighted by Gasteiger charge is 2.28. The summed E-state index contributed by atoms with van der Waals surface area (Å²) in [5, 5.41) is 6.20. The van der Waals surface area contributed by atoms with Crippen molar-refractivity contribution in [3.8, 4) is 0 Å². The Kier molecular flexibility index (Phi) is 3.56. The standard InChI is InChI=1S/C11H17N3OS/c1-8-7-16-10(13-8)5-12-6-11(15)14(2)9-3-4-9/h7,9,12H,3-6H2,1-2H3. The number of hydrogen-bond acceptors (Lipinski definition) is 4. The molecule has 1 fully saturated rings. The van der Waals surface area contributed by atoms with E-state index in [1.807, 2.05) is 24.3 Å². The topological polar surface area (TPSA) is 45.2 Å². The summed E-state index contributed by atoms with van der Waals surface area (Å²) in [6.07, 6.45) is 2.32. The van der Waals surface area contributed by atoms with Crippen LogP contribution in [-0.4, -0.2) is 35.4 Å². The number of amides is 1. The van der Waals surface area contributed by atoms with E-state index in [4.69, 9.17) is 0 Å². The number of aryl methyl sites for hydroxylation is 1. The van der Waals surface area contributed by atoms with E-state index in [2.05, 4.69) is 10.3 Å². The quantitative estimate of drug-likeness (QED) is 0.838. The molecule has 2 rings (SSSR count). The zero-order valence-corrected chi connectivity index (χ0v) is 10.5. The number of nitrogens with zero attached hydrogens (tertiary/aromatic N) is 2. The number of likely N-dealkylation sites (N-methyl/N-ethyl adjacent to an activating group) is 1. The first-order chi connectivity index (χ1) is 7.66. The normalized spacial score (nSPS) is 15.1. The molecule has 1 aromatic rings. The van der Waals surface area contributed by atoms with Crippen LogP contribution in [0, 0.1) is 6.92 Å². The Bertz CT molecular complexity index is 373. The molecular formula is C11H17N3OS. The van der Waals surface area contributed by atoms with Crippen molar-refractivity contribution in [2.75, 3.05) is 13.6 Å². The summed E-state index contributed by atoms with van der Waals surface area (Å²) in [5.41, 5.74) is 1.04. The van der Waals surface area contributed by atoms with Crippen LogP contribution in [-0.2, 0) is 11.3 Å². The first kappa shape index (κ1) is 11.5. The first-order valence-corrected chi connectivity index (χ1v) is 6.42. The molecule has 5 heteroatoms. The van der Waals surface area contributed by atoms with Crippen LogP contribution in [0.2, 0.25) is 0 Å². The van der Waals surface area contributed by atoms with Crippen molar-refractivity contribution in [1.82, 2.24) is 15.2 Å². The molecule has 16 heavy (non-hydrogen) atoms. The van der Waals surface area contributed by atoms with Gasteiger partial charge in [0.2, 0.25) is 5.91 Å². The fourth-order valence-corrected chi connectivity index (χ4v) is 2.29. The van der Waals surface area contributed by atoms with Crippen molar-refractivity contribution in [2.45, 2.75) is 32.4 Å². The average molecular weight is 239 g/mol. The molecule has 1 amide bonds. The van der Waals surface area contributed by atoms with Gasteiger partial charge in [0.25, 0.3) is 0 Å². The van der Waals surface area contributed by atoms with Crippen molar-refractivity contribution in [1.29, 1.82) is 0 Å². The molecule has 0 spiro atoms. The Morgan fingerprint density at radius 1 is 1.69 bits per heavy atom. The third-order valence-corrected chi connectivity index (χ3v) is 3.67. The minimum atomic E-state index is 0.177. The van der Waals surface area contributed by atoms with Crippen LogP contribution in [0.3, 0.4) is 0 Å². The van der Waals surface area contributed by atoms with Crippen LogP contribution < -0.4 is 5.32 Å². The maximum atomic E-state index is 11.7. The number of carbonyl (C=O) groups excluding carboxylic acids is 1. The molecular weight excluding hydrogens is 222 g/mol. The molecule has 0 atom stereocenters. The summed E-state index contributed by atoms with van der Waals surface area (Å²) < 4.78 is 0. The van der Waals surface area contributed by atoms with Crippen molar-refractivity contribution in [3.63, 3.8) is 0 Å². The van der Waals surface area contributed by atoms with Crippen LogP contribution in [0.4, 0.5) is 0 Å². The number of rotatable bonds is 5. The highest BCUT2D eigenvalue weighted by Crippen LogP contribution is 2.25. The van der Waals surface area contributed by atoms with E-state index >= 15 is 0 Å². The number of carbonyl (C=O) groups is 1. The zero-order valence-electron chi connectivity index (χ0n) is 9.69. The van der Waals surface area contributed by atoms with Crippen LogP contribution >= 0.6 is 11.3 Å². The first-order valence-electron chi connectivity index (χ1n) is 5.54. The van der Waals surface area contributed by atoms with E-state index in [0.29, 0.717) is 19.1 Å². The lowest BCUT2D eigenvalue weighted by Crippen LogP contribution is -2.36. The largest absolute Gasteiger partial charge is 0.342 e. The van der Waals surface area contributed by atoms with Crippen molar-refractivity contribution >= 4 is 17.2 Å². The van der Waals surface area contributed by atoms with Gasteiger partial charge < -0.3 is 10.2 Å². The summed E-state index contributed by atoms with van der Waals surface area (Å²) in [7, 11) is 1.88. The van der Waals surface area contributed by atoms with Gasteiger partial charge in [-0.3, -0.25) is 4.79 Å². The van der Waals surface area contributed by atoms with Gasteiger partial charge in [0.05, 0.1) is 6.54 Å². The maximum Gasteiger partial charge on any atom is 0.236 e. The predicted octanol–water partition coefficient (Wildman–Crippen LogP) is 1.16. The highest BCUT2D eigenvalue weighted by atomic mass is 32.1. The summed E-state index contributed by atoms with van der Waals surface area (Å²) in [5.74, 6) is 0.177. The van der Waals surface area contributed by atoms with Crippen molar-refractivity contribution < 1.29 is 4.79 Å². The van der Waals surface area contributed by atoms with Gasteiger partial charge in [-0.05, 0) is 19.8 Å². The lowest BCUT2D eigenvalue weighted by atomic mass is 10.4. The van der Waals surface area contributed by atoms with Crippen LogP contribution in [0.5, 0.6) is 0 Å². The van der Waals surface area contributed by atoms with Gasteiger partial charge >= 0.3 is 0 Å². The molecule has 0 saturated heterocycles. The maximum absolute atomic E-state index is 11.7. The lowest BCUT2D eigenvalue weighted by molar-refractivity contribution is -0.129. The van der Waals surface area contributed by atoms with Gasteiger partial charge in [-0.25, -0.2) is 4.98 Å². The van der Waals surface area contributed by atoms with Gasteiger partial charge in [-0.1, -0.05) is 0 Å². The lowest BCUT2D eigenvalue weighted by Gasteiger charge is -2.16. The zero-order chi connectivity index (χ0) is 11.5. The fourth-order valence-electron chi connectivity index (χ4n) is 1.55. The summed E-state index contributed by atoms with van der Waals surface area (Å²) >= 11 is 1.63. The highest BCUT2D eigenvalue weighted by molar-refractivity contribution is 7.09. The molecule has 0 unspecified atom stereocenters. The molecule has 4 nitrogen and oxygen atoms in total. The third kappa shape index (κ3) is 3.02. The van der Waals surface area contributed by atoms with E-state index in [0.717, 1.165) is 23.5 Å². The van der Waals surface area contributed by atoms with E-state index in [9.17, 15) is 4.79 Å². The Hall–Kier alpha value is -0.940. The molecule has 0 aliphatic heterocycles. The molecule has 1 N–H and O–H groups in total. The molecule has 1 aromatic heterocycles. The minimum Gasteiger partial charge on any atom is -0.342 e. The Morgan fingerprint density at radius 3 is 3.00 bits per heavy atom. The van der Waals surface area contributed by atoms with Gasteiger partial charge in [0.1, 0.15) is 5.01 Å². The molecule has 0 radical (unpaired) electrons. The van der Waals surface area contributed by atoms with E-state index in [-0.39, 0.29) is 5.91 Å². The van der Waals surface area contributed by atoms with Crippen LogP contribution in [0.1, 0.15) is 23.5 Å². The van der Waals surface area contributed by atoms with Gasteiger partial charge in [-0.15, -0.1) is 11.3 Å². The summed E-state index contributed by atoms with van der Waals surface area (Å²) in [6, 6.07) is 0.497. The number of hydrogen-bond donors (Lipinski definition) is 1. The second kappa shape index (κ2) is 4.93. The van der Waals surface area contributed by atoms with Crippen molar-refractivity contribution in [3.05, 3.63) is 16.1 Å². The number of nitrogens with one attached hydrogen (secondary N) is 1. The van der Waals surface area contributed by atoms with Crippen molar-refractivity contribution in [2.24, 2.45) is 0 Å². The van der Waals surface area contributed by atoms with E-state index in [1.54, 1.807) is 11.3 Å². The average Bonchev–Trinajstić information content (AvgIpc) is 3.02. The van der Waals surface area contributed by atoms with Gasteiger partial charge in [0.15, 0.2) is 0 Å². The predicted molar refractivity (Wildman–Crippen MR) is 64.3 cm³/mol. The molecule has 1 aliphatic carbocycles. The molecule has 0 bridgehead atoms. The van der Waals surface area contributed by atoms with Crippen LogP contribution in [0.15, 0.2) is 5.38 Å². The molecule has 1 heterocycles. The van der Waals surface area contributed by atoms with E-state index in [1.165, 1.54) is 0 Å². The molecule has 1 aliphatic rings. The number of thiazole rings is 1. The van der Waals surface area contributed by atoms with E-state index < -0.39 is 0 Å². The second-order valence-electron chi connectivity index (χ2n) is 4.22. The van der Waals surface area contributed by atoms with Crippen LogP contribution in [0.25, 0.3) is 0 Å². The number of aromatic nitrogens is 1. The summed E-state index contributed by atoms with van der Waals surface area (Å²) in [6.45, 7) is 3.07. The molecule has 0 aromatic carbocycles. The SMILES string of the molecule is Cc1csc(CNCC(=O)N(C)C2CC2)n1. The smallest absolute Gasteiger partial charge is 0.236 e. The minimum absolute atomic E-state index is 0.177. The fraction of sp³-hybridized carbons (Fsp3) is 0.636. The van der Waals surface area contributed by atoms with Gasteiger partial charge in [-0.2, -0.15) is 0 Å². The molecule has 88 valence electrons. The monoisotopic (exact) mass is 239 g/mol. The van der Waals surface area contributed by atoms with Gasteiger partial charge in [0, 0.05) is 30.7 Å². The second-order valence-corrected chi connectivity index (χ2v) is 5.16. The Balaban J connectivity index is 1.69. The Morgan fingerprint density at radius 2 is 2.44 bits per heavy atom. The Labute approximate surface area is 99.7 Å². The molecule has 1 saturated carbocycles. The summed E-state index contributed by atoms with van der Waals surface area (Å²) in [4.78, 5) is 17.8.